The molecule has 0 spiro atoms. The Kier molecular flexibility index (Phi) is 5.86. The van der Waals surface area contributed by atoms with E-state index < -0.39 is 12.2 Å². The third-order valence-electron chi connectivity index (χ3n) is 4.39. The summed E-state index contributed by atoms with van der Waals surface area (Å²) in [4.78, 5) is 32.9. The normalized spacial score (nSPS) is 13.5. The van der Waals surface area contributed by atoms with Crippen LogP contribution < -0.4 is 25.4 Å². The van der Waals surface area contributed by atoms with Crippen molar-refractivity contribution < 1.29 is 27.8 Å². The number of rotatable bonds is 7. The van der Waals surface area contributed by atoms with Crippen molar-refractivity contribution in [2.24, 2.45) is 0 Å². The lowest BCUT2D eigenvalue weighted by Crippen LogP contribution is -2.25. The number of aromatic nitrogens is 2. The summed E-state index contributed by atoms with van der Waals surface area (Å²) >= 11 is 1.12. The van der Waals surface area contributed by atoms with Crippen LogP contribution in [0.3, 0.4) is 0 Å². The number of likely N-dealkylation sites (N-methyl/N-ethyl adjacent to an activating group) is 1. The lowest BCUT2D eigenvalue weighted by atomic mass is 10.2. The highest BCUT2D eigenvalue weighted by Gasteiger charge is 2.43. The number of benzene rings is 1. The second-order valence-electron chi connectivity index (χ2n) is 6.67. The van der Waals surface area contributed by atoms with E-state index in [4.69, 9.17) is 0 Å². The van der Waals surface area contributed by atoms with Crippen LogP contribution >= 0.6 is 11.3 Å². The molecule has 0 bridgehead atoms. The average Bonchev–Trinajstić information content (AvgIpc) is 3.34. The lowest BCUT2D eigenvalue weighted by Gasteiger charge is -2.09. The van der Waals surface area contributed by atoms with Crippen LogP contribution in [0.4, 0.5) is 20.3 Å². The van der Waals surface area contributed by atoms with E-state index in [0.717, 1.165) is 16.9 Å². The minimum atomic E-state index is -3.73. The standard InChI is InChI=1S/C20H17F2N5O4S/c1-23-16(28)8-13-6-11(4-5-24-13)9-25-18-17(32-10-26-18)19(29)27-12-2-3-14-15(7-12)31-20(21,22)30-14/h2-7,10,25H,8-9H2,1H3,(H,23,28)(H,27,29). The van der Waals surface area contributed by atoms with Gasteiger partial charge in [0.2, 0.25) is 5.91 Å². The van der Waals surface area contributed by atoms with E-state index in [1.54, 1.807) is 25.4 Å². The van der Waals surface area contributed by atoms with Crippen LogP contribution in [0.1, 0.15) is 20.9 Å². The monoisotopic (exact) mass is 461 g/mol. The third-order valence-corrected chi connectivity index (χ3v) is 5.22. The number of carbonyl (C=O) groups excluding carboxylic acids is 2. The first-order chi connectivity index (χ1) is 15.3. The maximum Gasteiger partial charge on any atom is 0.586 e. The highest BCUT2D eigenvalue weighted by Crippen LogP contribution is 2.42. The van der Waals surface area contributed by atoms with E-state index in [0.29, 0.717) is 22.9 Å². The van der Waals surface area contributed by atoms with Crippen LogP contribution in [0.15, 0.2) is 42.0 Å². The summed E-state index contributed by atoms with van der Waals surface area (Å²) in [6, 6.07) is 7.55. The van der Waals surface area contributed by atoms with Crippen LogP contribution in [-0.4, -0.2) is 35.1 Å². The van der Waals surface area contributed by atoms with E-state index in [-0.39, 0.29) is 29.5 Å². The van der Waals surface area contributed by atoms with Gasteiger partial charge in [-0.1, -0.05) is 0 Å². The van der Waals surface area contributed by atoms with Gasteiger partial charge in [0, 0.05) is 37.2 Å². The summed E-state index contributed by atoms with van der Waals surface area (Å²) in [6.45, 7) is 0.354. The van der Waals surface area contributed by atoms with Gasteiger partial charge < -0.3 is 25.4 Å². The number of nitrogens with one attached hydrogen (secondary N) is 3. The minimum Gasteiger partial charge on any atom is -0.395 e. The third kappa shape index (κ3) is 4.91. The van der Waals surface area contributed by atoms with Crippen LogP contribution in [0.5, 0.6) is 11.5 Å². The summed E-state index contributed by atoms with van der Waals surface area (Å²) < 4.78 is 35.1. The van der Waals surface area contributed by atoms with Gasteiger partial charge in [0.1, 0.15) is 10.7 Å². The van der Waals surface area contributed by atoms with E-state index in [1.807, 2.05) is 0 Å². The van der Waals surface area contributed by atoms with Crippen molar-refractivity contribution >= 4 is 34.7 Å². The molecule has 1 aliphatic heterocycles. The van der Waals surface area contributed by atoms with Gasteiger partial charge in [-0.15, -0.1) is 20.1 Å². The predicted molar refractivity (Wildman–Crippen MR) is 112 cm³/mol. The first-order valence-corrected chi connectivity index (χ1v) is 10.2. The molecular formula is C20H17F2N5O4S. The van der Waals surface area contributed by atoms with Gasteiger partial charge in [-0.05, 0) is 29.8 Å². The minimum absolute atomic E-state index is 0.110. The number of ether oxygens (including phenoxy) is 2. The molecule has 2 aromatic heterocycles. The maximum atomic E-state index is 13.2. The van der Waals surface area contributed by atoms with Crippen LogP contribution in [0.2, 0.25) is 0 Å². The summed E-state index contributed by atoms with van der Waals surface area (Å²) in [5.74, 6) is -0.518. The molecular weight excluding hydrogens is 444 g/mol. The Labute approximate surface area is 184 Å². The zero-order valence-corrected chi connectivity index (χ0v) is 17.5. The second kappa shape index (κ2) is 8.75. The van der Waals surface area contributed by atoms with Gasteiger partial charge >= 0.3 is 6.29 Å². The average molecular weight is 461 g/mol. The lowest BCUT2D eigenvalue weighted by molar-refractivity contribution is -0.286. The predicted octanol–water partition coefficient (Wildman–Crippen LogP) is 3.01. The molecule has 3 aromatic rings. The fraction of sp³-hybridized carbons (Fsp3) is 0.200. The van der Waals surface area contributed by atoms with Crippen molar-refractivity contribution in [2.75, 3.05) is 17.7 Å². The van der Waals surface area contributed by atoms with Crippen molar-refractivity contribution in [2.45, 2.75) is 19.3 Å². The topological polar surface area (TPSA) is 114 Å². The second-order valence-corrected chi connectivity index (χ2v) is 7.53. The Morgan fingerprint density at radius 3 is 2.75 bits per heavy atom. The van der Waals surface area contributed by atoms with Gasteiger partial charge in [-0.2, -0.15) is 0 Å². The molecule has 0 radical (unpaired) electrons. The van der Waals surface area contributed by atoms with Crippen molar-refractivity contribution in [1.29, 1.82) is 0 Å². The number of amides is 2. The van der Waals surface area contributed by atoms with Gasteiger partial charge in [0.25, 0.3) is 5.91 Å². The number of nitrogens with zero attached hydrogens (tertiary/aromatic N) is 2. The largest absolute Gasteiger partial charge is 0.586 e. The maximum absolute atomic E-state index is 13.2. The molecule has 4 rings (SSSR count). The molecule has 9 nitrogen and oxygen atoms in total. The molecule has 166 valence electrons. The van der Waals surface area contributed by atoms with Crippen LogP contribution in [-0.2, 0) is 17.8 Å². The highest BCUT2D eigenvalue weighted by molar-refractivity contribution is 7.12. The Morgan fingerprint density at radius 2 is 1.94 bits per heavy atom. The summed E-state index contributed by atoms with van der Waals surface area (Å²) in [7, 11) is 1.56. The zero-order valence-electron chi connectivity index (χ0n) is 16.6. The van der Waals surface area contributed by atoms with Crippen molar-refractivity contribution in [3.8, 4) is 11.5 Å². The number of hydrogen-bond donors (Lipinski definition) is 3. The quantitative estimate of drug-likeness (QED) is 0.496. The van der Waals surface area contributed by atoms with E-state index >= 15 is 0 Å². The number of hydrogen-bond acceptors (Lipinski definition) is 8. The summed E-state index contributed by atoms with van der Waals surface area (Å²) in [5, 5.41) is 8.27. The van der Waals surface area contributed by atoms with Crippen LogP contribution in [0.25, 0.3) is 0 Å². The SMILES string of the molecule is CNC(=O)Cc1cc(CNc2ncsc2C(=O)Nc2ccc3c(c2)OC(F)(F)O3)ccn1. The first kappa shape index (κ1) is 21.4. The van der Waals surface area contributed by atoms with E-state index in [1.165, 1.54) is 23.7 Å². The molecule has 12 heteroatoms. The van der Waals surface area contributed by atoms with Gasteiger partial charge in [0.15, 0.2) is 11.5 Å². The molecule has 0 atom stereocenters. The van der Waals surface area contributed by atoms with Crippen molar-refractivity contribution in [3.05, 3.63) is 58.2 Å². The van der Waals surface area contributed by atoms with E-state index in [9.17, 15) is 18.4 Å². The fourth-order valence-electron chi connectivity index (χ4n) is 2.92. The molecule has 0 fully saturated rings. The molecule has 3 heterocycles. The Hall–Kier alpha value is -3.80. The fourth-order valence-corrected chi connectivity index (χ4v) is 3.58. The molecule has 1 aromatic carbocycles. The van der Waals surface area contributed by atoms with Gasteiger partial charge in [-0.3, -0.25) is 14.6 Å². The zero-order chi connectivity index (χ0) is 22.7. The first-order valence-electron chi connectivity index (χ1n) is 9.36. The van der Waals surface area contributed by atoms with E-state index in [2.05, 4.69) is 35.4 Å². The molecule has 1 aliphatic rings. The molecule has 3 N–H and O–H groups in total. The highest BCUT2D eigenvalue weighted by atomic mass is 32.1. The van der Waals surface area contributed by atoms with Gasteiger partial charge in [0.05, 0.1) is 11.9 Å². The molecule has 0 aliphatic carbocycles. The van der Waals surface area contributed by atoms with Crippen molar-refractivity contribution in [3.63, 3.8) is 0 Å². The Bertz CT molecular complexity index is 1170. The number of thiazole rings is 1. The number of alkyl halides is 2. The number of pyridine rings is 1. The molecule has 0 unspecified atom stereocenters. The molecule has 0 saturated heterocycles. The molecule has 0 saturated carbocycles. The van der Waals surface area contributed by atoms with Crippen LogP contribution in [0, 0.1) is 0 Å². The number of halogens is 2. The molecule has 2 amide bonds. The van der Waals surface area contributed by atoms with Gasteiger partial charge in [-0.25, -0.2) is 4.98 Å². The Morgan fingerprint density at radius 1 is 1.12 bits per heavy atom. The Balaban J connectivity index is 1.40. The summed E-state index contributed by atoms with van der Waals surface area (Å²) in [6.07, 6.45) is -1.96. The molecule has 32 heavy (non-hydrogen) atoms. The number of carbonyl (C=O) groups is 2. The summed E-state index contributed by atoms with van der Waals surface area (Å²) in [5.41, 5.74) is 3.26. The van der Waals surface area contributed by atoms with Crippen molar-refractivity contribution in [1.82, 2.24) is 15.3 Å². The number of anilines is 2. The number of fused-ring (bicyclic) bond motifs is 1. The smallest absolute Gasteiger partial charge is 0.395 e.